The number of Topliss-reactive ketones (excluding diaryl/α,β-unsaturated/α-hetero) is 3. The molecular weight excluding hydrogens is 1490 g/mol. The lowest BCUT2D eigenvalue weighted by Crippen LogP contribution is -2.79. The number of allylic oxidation sites excluding steroid dienone is 6. The molecule has 0 radical (unpaired) electrons. The third-order valence-corrected chi connectivity index (χ3v) is 37.6. The Bertz CT molecular complexity index is 4910. The third-order valence-electron chi connectivity index (χ3n) is 37.6. The zero-order valence-corrected chi connectivity index (χ0v) is 64.5. The first-order valence-corrected chi connectivity index (χ1v) is 41.0. The van der Waals surface area contributed by atoms with E-state index in [4.69, 9.17) is 61.6 Å². The Morgan fingerprint density at radius 3 is 1.25 bits per heavy atom. The van der Waals surface area contributed by atoms with E-state index in [1.807, 2.05) is 45.9 Å². The smallest absolute Gasteiger partial charge is 0.342 e. The van der Waals surface area contributed by atoms with E-state index in [1.165, 1.54) is 12.2 Å². The van der Waals surface area contributed by atoms with Crippen molar-refractivity contribution < 1.29 is 145 Å². The number of rotatable bonds is 0. The minimum Gasteiger partial charge on any atom is -0.458 e. The van der Waals surface area contributed by atoms with Crippen LogP contribution in [0.15, 0.2) is 48.1 Å². The molecule has 37 atom stereocenters. The van der Waals surface area contributed by atoms with Crippen molar-refractivity contribution in [2.24, 2.45) is 104 Å². The van der Waals surface area contributed by atoms with Crippen LogP contribution in [0.25, 0.3) is 0 Å². The largest absolute Gasteiger partial charge is 0.458 e. The van der Waals surface area contributed by atoms with E-state index < -0.39 is 254 Å². The summed E-state index contributed by atoms with van der Waals surface area (Å²) in [7, 11) is 0. The molecule has 30 heteroatoms. The molecular formula is C84H92O30. The van der Waals surface area contributed by atoms with E-state index in [-0.39, 0.29) is 107 Å². The van der Waals surface area contributed by atoms with Gasteiger partial charge in [-0.25, -0.2) is 14.4 Å². The molecule has 25 rings (SSSR count). The van der Waals surface area contributed by atoms with Gasteiger partial charge in [0.1, 0.15) is 29.5 Å². The molecule has 0 aromatic rings. The summed E-state index contributed by atoms with van der Waals surface area (Å²) >= 11 is 0. The fourth-order valence-electron chi connectivity index (χ4n) is 31.5. The molecule has 21 fully saturated rings. The van der Waals surface area contributed by atoms with Crippen molar-refractivity contribution in [3.63, 3.8) is 0 Å². The van der Waals surface area contributed by atoms with E-state index in [0.717, 1.165) is 5.57 Å². The third kappa shape index (κ3) is 6.71. The number of carbonyl (C=O) groups is 12. The Balaban J connectivity index is 0.000000101. The van der Waals surface area contributed by atoms with E-state index in [2.05, 4.69) is 0 Å². The predicted octanol–water partition coefficient (Wildman–Crippen LogP) is 2.05. The molecule has 30 nitrogen and oxygen atoms in total. The molecule has 608 valence electrons. The zero-order chi connectivity index (χ0) is 80.2. The van der Waals surface area contributed by atoms with Crippen molar-refractivity contribution in [3.05, 3.63) is 48.1 Å². The van der Waals surface area contributed by atoms with E-state index >= 15 is 0 Å². The van der Waals surface area contributed by atoms with Crippen LogP contribution in [0.2, 0.25) is 0 Å². The molecule has 5 saturated carbocycles. The molecule has 0 aromatic carbocycles. The van der Waals surface area contributed by atoms with Gasteiger partial charge in [-0.1, -0.05) is 50.6 Å². The minimum atomic E-state index is -2.32. The number of aliphatic hydroxyl groups excluding tert-OH is 1. The van der Waals surface area contributed by atoms with Crippen LogP contribution in [-0.2, 0) is 119 Å². The quantitative estimate of drug-likeness (QED) is 0.100. The van der Waals surface area contributed by atoms with Gasteiger partial charge < -0.3 is 87.1 Å². The highest BCUT2D eigenvalue weighted by molar-refractivity contribution is 6.05. The Morgan fingerprint density at radius 2 is 0.807 bits per heavy atom. The fraction of sp³-hybridized carbons (Fsp3) is 0.762. The summed E-state index contributed by atoms with van der Waals surface area (Å²) < 4.78 is 81.6. The molecule has 0 amide bonds. The van der Waals surface area contributed by atoms with Crippen LogP contribution in [0.3, 0.4) is 0 Å². The van der Waals surface area contributed by atoms with Crippen molar-refractivity contribution in [2.75, 3.05) is 19.8 Å². The standard InChI is InChI=1S/C28H32O11.C28H30O10.C28H30O9/c1-22-10-17-24(3)28-18(22)19(31)27(39-28,36-11-14(22)20(32)37-17)13-9-16(30)25(34)7-4-5-15(29)23(25,2)12(13)6-8-26(28,35)21(33)38-24;1-22-10-17-24(3)28-18(22)19(30)27(38-28,34-11-14(22)20(31)35-17)13-9-16-26(36-16)7-4-5-15(29)23(26,2)12(13)6-8-25(28,33)21(32)37-24;1-23-11-18-25(3)28-19(23)20(30)27(37-28,34-12-16(23)21(31)35-18)15-8-7-13-5-4-6-17(29)24(13,2)14(15)9-10-26(28,33)22(32)36-25/h4-5,12-14,16-18,30,34-35H,6-11H2,1-3H3;4-5,12-14,16-18,33H,6-11H2,1-3H3;4,6-7,14-16,18-19,33H,5,8-12H2,1-3H3/t12-,13+,14-,16+,17+,18-,22?,23-,24-,25-,26+,27?,28?;12-,13+,14-,16+,17+,18-,22?,23-,24-,25+,26?,27?,28?;14-,15+,16-,18+,19-,23?,24-,25-,26+,27?,28?/m000/s1. The fourth-order valence-corrected chi connectivity index (χ4v) is 31.5. The summed E-state index contributed by atoms with van der Waals surface area (Å²) in [6, 6.07) is 0. The zero-order valence-electron chi connectivity index (χ0n) is 64.5. The first-order chi connectivity index (χ1) is 53.4. The lowest BCUT2D eigenvalue weighted by Gasteiger charge is -2.64. The normalized spacial score (nSPS) is 61.6. The van der Waals surface area contributed by atoms with Gasteiger partial charge >= 0.3 is 35.8 Å². The maximum absolute atomic E-state index is 14.9. The van der Waals surface area contributed by atoms with E-state index in [9.17, 15) is 83.1 Å². The molecule has 7 spiro atoms. The van der Waals surface area contributed by atoms with Gasteiger partial charge in [0.05, 0.1) is 83.8 Å². The number of carbonyl (C=O) groups excluding carboxylic acids is 12. The SMILES string of the molecule is CC12C[C@H]3OC(=O)[C@@H]1COC14OC5([C@H]2C1=O)[C@@](O)(CC[C@H]1[C@H]4CC=C2CC=CC(=O)[C@@]21C)C(=O)O[C@@]35C.CC12C[C@H]3OC(=O)[C@@H]1COC14OC5([C@H]2C1=O)[C@@](O)(CC[C@H]1[C@H]4C[C@@H](O)[C@@]2(O)CC=CC(=O)[C@]12C)C(=O)O[C@@]35C.CC12C[C@H]3OC(=O)[C@@H]1COC14OC5([C@H]2C1=O)[C@@](O)(CC[C@H]1[C@H]4C[C@H]2OC24CC=CC(=O)[C@]14C)C(=O)O[C@@]35C. The van der Waals surface area contributed by atoms with Crippen LogP contribution in [0, 0.1) is 104 Å². The Labute approximate surface area is 652 Å². The molecule has 10 unspecified atom stereocenters. The first-order valence-electron chi connectivity index (χ1n) is 41.0. The van der Waals surface area contributed by atoms with Crippen LogP contribution >= 0.6 is 0 Å². The van der Waals surface area contributed by atoms with Crippen LogP contribution in [0.4, 0.5) is 0 Å². The number of ether oxygens (including phenoxy) is 13. The lowest BCUT2D eigenvalue weighted by molar-refractivity contribution is -0.382. The molecule has 25 aliphatic rings. The van der Waals surface area contributed by atoms with Crippen molar-refractivity contribution in [1.29, 1.82) is 0 Å². The highest BCUT2D eigenvalue weighted by Crippen LogP contribution is 2.81. The van der Waals surface area contributed by atoms with Gasteiger partial charge in [0, 0.05) is 17.8 Å². The number of esters is 6. The Hall–Kier alpha value is -6.68. The molecule has 0 aromatic heterocycles. The van der Waals surface area contributed by atoms with Gasteiger partial charge in [-0.15, -0.1) is 0 Å². The lowest BCUT2D eigenvalue weighted by atomic mass is 9.46. The van der Waals surface area contributed by atoms with Crippen LogP contribution in [0.5, 0.6) is 0 Å². The number of hydrogen-bond acceptors (Lipinski definition) is 30. The molecule has 9 aliphatic carbocycles. The topological polar surface area (TPSA) is 429 Å². The van der Waals surface area contributed by atoms with Gasteiger partial charge in [0.15, 0.2) is 85.1 Å². The minimum absolute atomic E-state index is 0.0207. The molecule has 16 saturated heterocycles. The summed E-state index contributed by atoms with van der Waals surface area (Å²) in [5, 5.41) is 60.4. The van der Waals surface area contributed by atoms with E-state index in [1.54, 1.807) is 46.8 Å². The maximum atomic E-state index is 14.9. The predicted molar refractivity (Wildman–Crippen MR) is 369 cm³/mol. The van der Waals surface area contributed by atoms with Crippen molar-refractivity contribution >= 4 is 70.5 Å². The Morgan fingerprint density at radius 1 is 0.421 bits per heavy atom. The summed E-state index contributed by atoms with van der Waals surface area (Å²) in [6.07, 6.45) is 10.5. The number of ketones is 6. The molecule has 114 heavy (non-hydrogen) atoms. The molecule has 16 aliphatic heterocycles. The average Bonchev–Trinajstić information content (AvgIpc) is 1.46. The van der Waals surface area contributed by atoms with Gasteiger partial charge in [0.2, 0.25) is 17.4 Å². The monoisotopic (exact) mass is 1580 g/mol. The first kappa shape index (κ1) is 72.5. The molecule has 15 bridgehead atoms. The van der Waals surface area contributed by atoms with Crippen molar-refractivity contribution in [2.45, 2.75) is 268 Å². The number of epoxide rings is 1. The van der Waals surface area contributed by atoms with E-state index in [0.29, 0.717) is 38.5 Å². The number of fused-ring (bicyclic) bond motifs is 14. The highest BCUT2D eigenvalue weighted by atomic mass is 16.8. The second kappa shape index (κ2) is 20.3. The highest BCUT2D eigenvalue weighted by Gasteiger charge is 2.98. The summed E-state index contributed by atoms with van der Waals surface area (Å²) in [6.45, 7) is 15.3. The van der Waals surface area contributed by atoms with Gasteiger partial charge in [-0.3, -0.25) is 43.2 Å². The van der Waals surface area contributed by atoms with Crippen molar-refractivity contribution in [3.8, 4) is 0 Å². The Kier molecular flexibility index (Phi) is 12.9. The number of hydrogen-bond donors (Lipinski definition) is 5. The van der Waals surface area contributed by atoms with Gasteiger partial charge in [-0.2, -0.15) is 0 Å². The summed E-state index contributed by atoms with van der Waals surface area (Å²) in [5.74, 6) is -21.3. The molecule has 5 N–H and O–H groups in total. The maximum Gasteiger partial charge on any atom is 0.342 e. The second-order valence-electron chi connectivity index (χ2n) is 40.6. The van der Waals surface area contributed by atoms with Crippen molar-refractivity contribution in [1.82, 2.24) is 0 Å². The number of aliphatic hydroxyl groups is 5. The summed E-state index contributed by atoms with van der Waals surface area (Å²) in [5.41, 5.74) is -25.1. The van der Waals surface area contributed by atoms with Crippen LogP contribution < -0.4 is 0 Å². The van der Waals surface area contributed by atoms with Gasteiger partial charge in [0.25, 0.3) is 0 Å². The molecule has 16 heterocycles. The second-order valence-corrected chi connectivity index (χ2v) is 40.6. The van der Waals surface area contributed by atoms with Crippen LogP contribution in [-0.4, -0.2) is 225 Å². The van der Waals surface area contributed by atoms with Crippen LogP contribution in [0.1, 0.15) is 159 Å². The summed E-state index contributed by atoms with van der Waals surface area (Å²) in [4.78, 5) is 166. The average molecular weight is 1580 g/mol. The van der Waals surface area contributed by atoms with Gasteiger partial charge in [-0.05, 0) is 190 Å².